The molecule has 0 saturated heterocycles. The van der Waals surface area contributed by atoms with Crippen molar-refractivity contribution in [1.82, 2.24) is 5.16 Å². The zero-order chi connectivity index (χ0) is 16.1. The SMILES string of the molecule is Cc1cc(NC(=O)COC(=O)c2ccc([N+](=O)[O-])cc2)on1. The first kappa shape index (κ1) is 15.2. The third-order valence-corrected chi connectivity index (χ3v) is 2.54. The maximum absolute atomic E-state index is 11.7. The van der Waals surface area contributed by atoms with Crippen LogP contribution >= 0.6 is 0 Å². The average Bonchev–Trinajstić information content (AvgIpc) is 2.90. The van der Waals surface area contributed by atoms with E-state index in [2.05, 4.69) is 10.5 Å². The maximum atomic E-state index is 11.7. The van der Waals surface area contributed by atoms with E-state index in [0.717, 1.165) is 0 Å². The van der Waals surface area contributed by atoms with Crippen LogP contribution in [0.1, 0.15) is 16.1 Å². The Bertz CT molecular complexity index is 707. The molecule has 9 nitrogen and oxygen atoms in total. The van der Waals surface area contributed by atoms with Gasteiger partial charge in [0.2, 0.25) is 5.88 Å². The molecule has 0 aliphatic carbocycles. The maximum Gasteiger partial charge on any atom is 0.338 e. The van der Waals surface area contributed by atoms with Gasteiger partial charge in [-0.2, -0.15) is 0 Å². The topological polar surface area (TPSA) is 125 Å². The fourth-order valence-electron chi connectivity index (χ4n) is 1.53. The molecule has 9 heteroatoms. The summed E-state index contributed by atoms with van der Waals surface area (Å²) in [7, 11) is 0. The van der Waals surface area contributed by atoms with Crippen molar-refractivity contribution in [3.05, 3.63) is 51.7 Å². The summed E-state index contributed by atoms with van der Waals surface area (Å²) in [5, 5.41) is 16.4. The number of carbonyl (C=O) groups is 2. The highest BCUT2D eigenvalue weighted by molar-refractivity contribution is 5.94. The lowest BCUT2D eigenvalue weighted by Gasteiger charge is -2.04. The van der Waals surface area contributed by atoms with Gasteiger partial charge in [-0.25, -0.2) is 4.79 Å². The van der Waals surface area contributed by atoms with Crippen LogP contribution in [0.3, 0.4) is 0 Å². The Labute approximate surface area is 124 Å². The molecule has 0 saturated carbocycles. The van der Waals surface area contributed by atoms with Crippen LogP contribution in [-0.4, -0.2) is 28.6 Å². The van der Waals surface area contributed by atoms with Crippen molar-refractivity contribution in [3.8, 4) is 0 Å². The lowest BCUT2D eigenvalue weighted by Crippen LogP contribution is -2.20. The van der Waals surface area contributed by atoms with Crippen LogP contribution in [0, 0.1) is 17.0 Å². The van der Waals surface area contributed by atoms with E-state index >= 15 is 0 Å². The van der Waals surface area contributed by atoms with Crippen LogP contribution in [0.25, 0.3) is 0 Å². The number of nitro groups is 1. The molecule has 2 rings (SSSR count). The number of benzene rings is 1. The van der Waals surface area contributed by atoms with Gasteiger partial charge < -0.3 is 9.26 Å². The third-order valence-electron chi connectivity index (χ3n) is 2.54. The first-order valence-electron chi connectivity index (χ1n) is 6.10. The Morgan fingerprint density at radius 3 is 2.59 bits per heavy atom. The molecular weight excluding hydrogens is 294 g/mol. The lowest BCUT2D eigenvalue weighted by atomic mass is 10.2. The lowest BCUT2D eigenvalue weighted by molar-refractivity contribution is -0.384. The minimum absolute atomic E-state index is 0.105. The van der Waals surface area contributed by atoms with E-state index in [1.165, 1.54) is 30.3 Å². The summed E-state index contributed by atoms with van der Waals surface area (Å²) in [6.45, 7) is 1.17. The molecule has 0 spiro atoms. The summed E-state index contributed by atoms with van der Waals surface area (Å²) >= 11 is 0. The molecule has 0 atom stereocenters. The number of aryl methyl sites for hydroxylation is 1. The molecule has 2 aromatic rings. The van der Waals surface area contributed by atoms with E-state index in [1.54, 1.807) is 6.92 Å². The van der Waals surface area contributed by atoms with Gasteiger partial charge in [-0.05, 0) is 19.1 Å². The highest BCUT2D eigenvalue weighted by Gasteiger charge is 2.13. The van der Waals surface area contributed by atoms with E-state index in [-0.39, 0.29) is 17.1 Å². The fraction of sp³-hybridized carbons (Fsp3) is 0.154. The number of ether oxygens (including phenoxy) is 1. The normalized spacial score (nSPS) is 10.0. The van der Waals surface area contributed by atoms with Crippen molar-refractivity contribution >= 4 is 23.4 Å². The second-order valence-electron chi connectivity index (χ2n) is 4.26. The number of carbonyl (C=O) groups excluding carboxylic acids is 2. The summed E-state index contributed by atoms with van der Waals surface area (Å²) in [4.78, 5) is 33.1. The minimum atomic E-state index is -0.765. The fourth-order valence-corrected chi connectivity index (χ4v) is 1.53. The van der Waals surface area contributed by atoms with Gasteiger partial charge in [0.25, 0.3) is 11.6 Å². The van der Waals surface area contributed by atoms with E-state index in [9.17, 15) is 19.7 Å². The van der Waals surface area contributed by atoms with Crippen LogP contribution in [0.15, 0.2) is 34.9 Å². The number of esters is 1. The molecule has 22 heavy (non-hydrogen) atoms. The Morgan fingerprint density at radius 2 is 2.05 bits per heavy atom. The monoisotopic (exact) mass is 305 g/mol. The van der Waals surface area contributed by atoms with Crippen LogP contribution in [0.2, 0.25) is 0 Å². The Morgan fingerprint density at radius 1 is 1.36 bits per heavy atom. The predicted octanol–water partition coefficient (Wildman–Crippen LogP) is 1.69. The molecule has 0 aliphatic rings. The summed E-state index contributed by atoms with van der Waals surface area (Å²) in [5.74, 6) is -1.21. The van der Waals surface area contributed by atoms with Gasteiger partial charge in [-0.15, -0.1) is 0 Å². The number of hydrogen-bond acceptors (Lipinski definition) is 7. The molecule has 1 aromatic heterocycles. The van der Waals surface area contributed by atoms with E-state index in [4.69, 9.17) is 9.26 Å². The highest BCUT2D eigenvalue weighted by atomic mass is 16.6. The van der Waals surface area contributed by atoms with Gasteiger partial charge in [0.15, 0.2) is 6.61 Å². The zero-order valence-corrected chi connectivity index (χ0v) is 11.4. The van der Waals surface area contributed by atoms with E-state index < -0.39 is 23.4 Å². The number of rotatable bonds is 5. The number of nitrogens with zero attached hydrogens (tertiary/aromatic N) is 2. The summed E-state index contributed by atoms with van der Waals surface area (Å²) < 4.78 is 9.56. The third kappa shape index (κ3) is 3.88. The molecule has 1 amide bonds. The van der Waals surface area contributed by atoms with Gasteiger partial charge >= 0.3 is 5.97 Å². The van der Waals surface area contributed by atoms with E-state index in [0.29, 0.717) is 5.69 Å². The number of aromatic nitrogens is 1. The van der Waals surface area contributed by atoms with Crippen molar-refractivity contribution < 1.29 is 23.8 Å². The minimum Gasteiger partial charge on any atom is -0.452 e. The number of nitro benzene ring substituents is 1. The number of nitrogens with one attached hydrogen (secondary N) is 1. The first-order chi connectivity index (χ1) is 10.5. The largest absolute Gasteiger partial charge is 0.452 e. The van der Waals surface area contributed by atoms with Gasteiger partial charge in [-0.3, -0.25) is 20.2 Å². The Balaban J connectivity index is 1.86. The second-order valence-corrected chi connectivity index (χ2v) is 4.26. The highest BCUT2D eigenvalue weighted by Crippen LogP contribution is 2.13. The molecule has 0 aliphatic heterocycles. The second kappa shape index (κ2) is 6.48. The van der Waals surface area contributed by atoms with Crippen molar-refractivity contribution in [2.24, 2.45) is 0 Å². The number of hydrogen-bond donors (Lipinski definition) is 1. The Kier molecular flexibility index (Phi) is 4.47. The predicted molar refractivity (Wildman–Crippen MR) is 73.2 cm³/mol. The van der Waals surface area contributed by atoms with Gasteiger partial charge in [0.05, 0.1) is 16.2 Å². The zero-order valence-electron chi connectivity index (χ0n) is 11.4. The number of non-ortho nitro benzene ring substituents is 1. The van der Waals surface area contributed by atoms with Crippen LogP contribution in [0.4, 0.5) is 11.6 Å². The van der Waals surface area contributed by atoms with Crippen LogP contribution < -0.4 is 5.32 Å². The molecule has 0 fully saturated rings. The molecule has 0 radical (unpaired) electrons. The van der Waals surface area contributed by atoms with Crippen LogP contribution in [-0.2, 0) is 9.53 Å². The number of anilines is 1. The number of amides is 1. The molecule has 1 N–H and O–H groups in total. The molecule has 1 aromatic carbocycles. The van der Waals surface area contributed by atoms with Gasteiger partial charge in [0.1, 0.15) is 0 Å². The molecular formula is C13H11N3O6. The smallest absolute Gasteiger partial charge is 0.338 e. The van der Waals surface area contributed by atoms with E-state index in [1.807, 2.05) is 0 Å². The van der Waals surface area contributed by atoms with Gasteiger partial charge in [0, 0.05) is 18.2 Å². The van der Waals surface area contributed by atoms with Gasteiger partial charge in [-0.1, -0.05) is 5.16 Å². The summed E-state index contributed by atoms with van der Waals surface area (Å²) in [5.41, 5.74) is 0.557. The Hall–Kier alpha value is -3.23. The summed E-state index contributed by atoms with van der Waals surface area (Å²) in [6, 6.07) is 6.36. The molecule has 0 unspecified atom stereocenters. The average molecular weight is 305 g/mol. The summed E-state index contributed by atoms with van der Waals surface area (Å²) in [6.07, 6.45) is 0. The molecule has 0 bridgehead atoms. The van der Waals surface area contributed by atoms with Crippen molar-refractivity contribution in [2.75, 3.05) is 11.9 Å². The molecule has 1 heterocycles. The van der Waals surface area contributed by atoms with Crippen molar-refractivity contribution in [2.45, 2.75) is 6.92 Å². The quantitative estimate of drug-likeness (QED) is 0.506. The molecule has 114 valence electrons. The van der Waals surface area contributed by atoms with Crippen molar-refractivity contribution in [1.29, 1.82) is 0 Å². The van der Waals surface area contributed by atoms with Crippen molar-refractivity contribution in [3.63, 3.8) is 0 Å². The first-order valence-corrected chi connectivity index (χ1v) is 6.10. The standard InChI is InChI=1S/C13H11N3O6/c1-8-6-12(22-15-8)14-11(17)7-21-13(18)9-2-4-10(5-3-9)16(19)20/h2-6H,7H2,1H3,(H,14,17). The van der Waals surface area contributed by atoms with Crippen LogP contribution in [0.5, 0.6) is 0 Å².